The van der Waals surface area contributed by atoms with Crippen LogP contribution in [0.25, 0.3) is 0 Å². The van der Waals surface area contributed by atoms with Gasteiger partial charge in [-0.05, 0) is 58.7 Å². The van der Waals surface area contributed by atoms with E-state index in [2.05, 4.69) is 80.1 Å². The second-order valence-electron chi connectivity index (χ2n) is 6.66. The molecular formula is C16H24BrNO. The van der Waals surface area contributed by atoms with E-state index in [-0.39, 0.29) is 11.2 Å². The molecular weight excluding hydrogens is 302 g/mol. The number of benzene rings is 1. The zero-order valence-corrected chi connectivity index (χ0v) is 14.0. The molecule has 0 bridgehead atoms. The molecule has 2 rings (SSSR count). The Labute approximate surface area is 125 Å². The van der Waals surface area contributed by atoms with Crippen molar-refractivity contribution in [3.05, 3.63) is 34.3 Å². The van der Waals surface area contributed by atoms with Crippen molar-refractivity contribution >= 4 is 15.9 Å². The first kappa shape index (κ1) is 15.0. The molecule has 1 aliphatic rings. The van der Waals surface area contributed by atoms with Gasteiger partial charge in [0.05, 0.1) is 11.2 Å². The largest absolute Gasteiger partial charge is 0.368 e. The van der Waals surface area contributed by atoms with Gasteiger partial charge in [-0.3, -0.25) is 0 Å². The molecule has 1 saturated heterocycles. The van der Waals surface area contributed by atoms with Crippen molar-refractivity contribution in [1.82, 2.24) is 5.32 Å². The van der Waals surface area contributed by atoms with E-state index in [1.165, 1.54) is 5.56 Å². The van der Waals surface area contributed by atoms with Gasteiger partial charge in [0.2, 0.25) is 0 Å². The second-order valence-corrected chi connectivity index (χ2v) is 7.58. The zero-order valence-electron chi connectivity index (χ0n) is 12.5. The molecule has 2 atom stereocenters. The molecule has 1 aromatic rings. The zero-order chi connectivity index (χ0) is 14.3. The van der Waals surface area contributed by atoms with Crippen LogP contribution in [0, 0.1) is 0 Å². The van der Waals surface area contributed by atoms with Gasteiger partial charge in [-0.2, -0.15) is 0 Å². The maximum absolute atomic E-state index is 6.13. The summed E-state index contributed by atoms with van der Waals surface area (Å²) in [6.45, 7) is 10.9. The lowest BCUT2D eigenvalue weighted by Crippen LogP contribution is -2.44. The average molecular weight is 326 g/mol. The van der Waals surface area contributed by atoms with Crippen LogP contribution in [0.5, 0.6) is 0 Å². The second kappa shape index (κ2) is 5.19. The lowest BCUT2D eigenvalue weighted by Gasteiger charge is -2.30. The molecule has 106 valence electrons. The SMILES string of the molecule is C[C@H](NC1CC(C)(C)OC1(C)C)c1ccc(Br)cc1. The van der Waals surface area contributed by atoms with Crippen molar-refractivity contribution in [2.24, 2.45) is 0 Å². The third kappa shape index (κ3) is 3.59. The highest BCUT2D eigenvalue weighted by molar-refractivity contribution is 9.10. The molecule has 0 aliphatic carbocycles. The van der Waals surface area contributed by atoms with Gasteiger partial charge >= 0.3 is 0 Å². The fraction of sp³-hybridized carbons (Fsp3) is 0.625. The molecule has 1 aromatic carbocycles. The summed E-state index contributed by atoms with van der Waals surface area (Å²) < 4.78 is 7.25. The Morgan fingerprint density at radius 2 is 1.79 bits per heavy atom. The fourth-order valence-corrected chi connectivity index (χ4v) is 3.24. The van der Waals surface area contributed by atoms with Crippen molar-refractivity contribution in [1.29, 1.82) is 0 Å². The van der Waals surface area contributed by atoms with E-state index in [0.717, 1.165) is 10.9 Å². The number of halogens is 1. The van der Waals surface area contributed by atoms with Gasteiger partial charge in [0.25, 0.3) is 0 Å². The van der Waals surface area contributed by atoms with Crippen molar-refractivity contribution in [2.75, 3.05) is 0 Å². The van der Waals surface area contributed by atoms with Crippen LogP contribution in [0.4, 0.5) is 0 Å². The molecule has 0 aromatic heterocycles. The Morgan fingerprint density at radius 1 is 1.21 bits per heavy atom. The minimum Gasteiger partial charge on any atom is -0.368 e. The van der Waals surface area contributed by atoms with Crippen molar-refractivity contribution in [2.45, 2.75) is 64.3 Å². The van der Waals surface area contributed by atoms with E-state index in [0.29, 0.717) is 12.1 Å². The van der Waals surface area contributed by atoms with Gasteiger partial charge in [-0.25, -0.2) is 0 Å². The predicted molar refractivity (Wildman–Crippen MR) is 83.3 cm³/mol. The smallest absolute Gasteiger partial charge is 0.0787 e. The highest BCUT2D eigenvalue weighted by atomic mass is 79.9. The van der Waals surface area contributed by atoms with Crippen LogP contribution in [0.1, 0.15) is 52.6 Å². The molecule has 1 unspecified atom stereocenters. The molecule has 19 heavy (non-hydrogen) atoms. The van der Waals surface area contributed by atoms with Gasteiger partial charge in [-0.15, -0.1) is 0 Å². The molecule has 0 amide bonds. The van der Waals surface area contributed by atoms with Crippen LogP contribution < -0.4 is 5.32 Å². The summed E-state index contributed by atoms with van der Waals surface area (Å²) in [4.78, 5) is 0. The van der Waals surface area contributed by atoms with E-state index in [1.54, 1.807) is 0 Å². The summed E-state index contributed by atoms with van der Waals surface area (Å²) >= 11 is 3.48. The van der Waals surface area contributed by atoms with Crippen molar-refractivity contribution < 1.29 is 4.74 Å². The van der Waals surface area contributed by atoms with Gasteiger partial charge in [0.15, 0.2) is 0 Å². The normalized spacial score (nSPS) is 26.3. The van der Waals surface area contributed by atoms with Crippen LogP contribution in [0.3, 0.4) is 0 Å². The van der Waals surface area contributed by atoms with Crippen LogP contribution in [-0.4, -0.2) is 17.2 Å². The highest BCUT2D eigenvalue weighted by Crippen LogP contribution is 2.38. The monoisotopic (exact) mass is 325 g/mol. The van der Waals surface area contributed by atoms with E-state index >= 15 is 0 Å². The molecule has 0 spiro atoms. The Bertz CT molecular complexity index is 439. The third-order valence-electron chi connectivity index (χ3n) is 3.90. The number of hydrogen-bond acceptors (Lipinski definition) is 2. The fourth-order valence-electron chi connectivity index (χ4n) is 2.97. The Morgan fingerprint density at radius 3 is 2.26 bits per heavy atom. The Hall–Kier alpha value is -0.380. The Kier molecular flexibility index (Phi) is 4.10. The van der Waals surface area contributed by atoms with E-state index in [4.69, 9.17) is 4.74 Å². The summed E-state index contributed by atoms with van der Waals surface area (Å²) in [6, 6.07) is 9.21. The standard InChI is InChI=1S/C16H24BrNO/c1-11(12-6-8-13(17)9-7-12)18-14-10-15(2,3)19-16(14,4)5/h6-9,11,14,18H,10H2,1-5H3/t11-,14?/m0/s1. The average Bonchev–Trinajstić information content (AvgIpc) is 2.47. The van der Waals surface area contributed by atoms with Crippen molar-refractivity contribution in [3.63, 3.8) is 0 Å². The maximum Gasteiger partial charge on any atom is 0.0787 e. The van der Waals surface area contributed by atoms with Crippen LogP contribution in [0.15, 0.2) is 28.7 Å². The van der Waals surface area contributed by atoms with Gasteiger partial charge in [0.1, 0.15) is 0 Å². The number of rotatable bonds is 3. The Balaban J connectivity index is 2.07. The summed E-state index contributed by atoms with van der Waals surface area (Å²) in [7, 11) is 0. The number of nitrogens with one attached hydrogen (secondary N) is 1. The minimum atomic E-state index is -0.118. The molecule has 0 radical (unpaired) electrons. The molecule has 0 saturated carbocycles. The minimum absolute atomic E-state index is 0.0411. The van der Waals surface area contributed by atoms with E-state index in [9.17, 15) is 0 Å². The van der Waals surface area contributed by atoms with Gasteiger partial charge < -0.3 is 10.1 Å². The maximum atomic E-state index is 6.13. The first-order valence-electron chi connectivity index (χ1n) is 6.91. The van der Waals surface area contributed by atoms with Crippen LogP contribution in [-0.2, 0) is 4.74 Å². The summed E-state index contributed by atoms with van der Waals surface area (Å²) in [5, 5.41) is 3.72. The summed E-state index contributed by atoms with van der Waals surface area (Å²) in [5.41, 5.74) is 1.15. The molecule has 1 aliphatic heterocycles. The summed E-state index contributed by atoms with van der Waals surface area (Å²) in [5.74, 6) is 0. The molecule has 1 fully saturated rings. The molecule has 3 heteroatoms. The molecule has 2 nitrogen and oxygen atoms in total. The van der Waals surface area contributed by atoms with Gasteiger partial charge in [0, 0.05) is 16.6 Å². The van der Waals surface area contributed by atoms with Gasteiger partial charge in [-0.1, -0.05) is 28.1 Å². The first-order valence-corrected chi connectivity index (χ1v) is 7.71. The predicted octanol–water partition coefficient (Wildman–Crippen LogP) is 4.45. The van der Waals surface area contributed by atoms with Crippen molar-refractivity contribution in [3.8, 4) is 0 Å². The van der Waals surface area contributed by atoms with E-state index < -0.39 is 0 Å². The summed E-state index contributed by atoms with van der Waals surface area (Å²) in [6.07, 6.45) is 1.04. The molecule has 1 heterocycles. The third-order valence-corrected chi connectivity index (χ3v) is 4.42. The van der Waals surface area contributed by atoms with Crippen LogP contribution in [0.2, 0.25) is 0 Å². The van der Waals surface area contributed by atoms with E-state index in [1.807, 2.05) is 0 Å². The number of ether oxygens (including phenoxy) is 1. The lowest BCUT2D eigenvalue weighted by molar-refractivity contribution is -0.0703. The first-order chi connectivity index (χ1) is 8.70. The lowest BCUT2D eigenvalue weighted by atomic mass is 9.93. The molecule has 1 N–H and O–H groups in total. The highest BCUT2D eigenvalue weighted by Gasteiger charge is 2.46. The topological polar surface area (TPSA) is 21.3 Å². The number of hydrogen-bond donors (Lipinski definition) is 1. The quantitative estimate of drug-likeness (QED) is 0.886. The van der Waals surface area contributed by atoms with Crippen LogP contribution >= 0.6 is 15.9 Å².